The van der Waals surface area contributed by atoms with E-state index in [0.717, 1.165) is 42.9 Å². The van der Waals surface area contributed by atoms with E-state index in [4.69, 9.17) is 23.7 Å². The van der Waals surface area contributed by atoms with E-state index in [1.54, 1.807) is 4.68 Å². The molecule has 1 fully saturated rings. The topological polar surface area (TPSA) is 90.2 Å². The van der Waals surface area contributed by atoms with Crippen LogP contribution in [-0.4, -0.2) is 33.3 Å². The molecule has 1 aliphatic heterocycles. The third-order valence-corrected chi connectivity index (χ3v) is 3.75. The maximum Gasteiger partial charge on any atom is 0.240 e. The molecular weight excluding hydrogens is 262 g/mol. The lowest BCUT2D eigenvalue weighted by Crippen LogP contribution is -2.49. The van der Waals surface area contributed by atoms with Gasteiger partial charge in [0, 0.05) is 13.6 Å². The molecule has 1 saturated heterocycles. The summed E-state index contributed by atoms with van der Waals surface area (Å²) in [5.41, 5.74) is 12.8. The van der Waals surface area contributed by atoms with Gasteiger partial charge >= 0.3 is 0 Å². The van der Waals surface area contributed by atoms with Crippen LogP contribution in [0.25, 0.3) is 0 Å². The zero-order valence-electron chi connectivity index (χ0n) is 11.2. The van der Waals surface area contributed by atoms with Gasteiger partial charge in [0.25, 0.3) is 0 Å². The van der Waals surface area contributed by atoms with Gasteiger partial charge in [0.15, 0.2) is 0 Å². The standard InChI is InChI=1S/C12H19N5OS/c1-7-9(11(14)19)12(16(2)15-7)17-6-4-3-5-8(17)10(13)18/h8H,3-6H2,1-2H3,(H2,13,18)(H2,14,19). The van der Waals surface area contributed by atoms with Crippen molar-refractivity contribution in [1.82, 2.24) is 9.78 Å². The monoisotopic (exact) mass is 281 g/mol. The summed E-state index contributed by atoms with van der Waals surface area (Å²) < 4.78 is 1.73. The van der Waals surface area contributed by atoms with Gasteiger partial charge in [0.05, 0.1) is 11.3 Å². The number of carbonyl (C=O) groups excluding carboxylic acids is 1. The fourth-order valence-corrected chi connectivity index (χ4v) is 2.98. The van der Waals surface area contributed by atoms with Gasteiger partial charge in [0.2, 0.25) is 5.91 Å². The summed E-state index contributed by atoms with van der Waals surface area (Å²) in [6.45, 7) is 2.63. The molecule has 0 saturated carbocycles. The molecule has 1 unspecified atom stereocenters. The normalized spacial score (nSPS) is 19.5. The summed E-state index contributed by atoms with van der Waals surface area (Å²) in [5.74, 6) is 0.487. The molecule has 0 radical (unpaired) electrons. The number of anilines is 1. The van der Waals surface area contributed by atoms with Gasteiger partial charge in [-0.2, -0.15) is 5.10 Å². The minimum atomic E-state index is -0.313. The number of nitrogens with two attached hydrogens (primary N) is 2. The van der Waals surface area contributed by atoms with E-state index >= 15 is 0 Å². The molecule has 6 nitrogen and oxygen atoms in total. The maximum atomic E-state index is 11.6. The Morgan fingerprint density at radius 2 is 2.11 bits per heavy atom. The van der Waals surface area contributed by atoms with Crippen LogP contribution in [0.5, 0.6) is 0 Å². The van der Waals surface area contributed by atoms with Crippen LogP contribution < -0.4 is 16.4 Å². The molecule has 1 aromatic rings. The molecule has 0 spiro atoms. The second-order valence-corrected chi connectivity index (χ2v) is 5.32. The molecule has 0 bridgehead atoms. The molecule has 1 aliphatic rings. The van der Waals surface area contributed by atoms with Crippen LogP contribution >= 0.6 is 12.2 Å². The number of piperidine rings is 1. The molecular formula is C12H19N5OS. The first kappa shape index (κ1) is 13.8. The molecule has 2 heterocycles. The average molecular weight is 281 g/mol. The number of nitrogens with zero attached hydrogens (tertiary/aromatic N) is 3. The second kappa shape index (κ2) is 5.16. The van der Waals surface area contributed by atoms with Crippen LogP contribution in [-0.2, 0) is 11.8 Å². The van der Waals surface area contributed by atoms with E-state index in [1.807, 2.05) is 18.9 Å². The molecule has 0 aromatic carbocycles. The van der Waals surface area contributed by atoms with Crippen molar-refractivity contribution in [1.29, 1.82) is 0 Å². The molecule has 104 valence electrons. The Bertz CT molecular complexity index is 524. The molecule has 19 heavy (non-hydrogen) atoms. The summed E-state index contributed by atoms with van der Waals surface area (Å²) in [5, 5.41) is 4.36. The van der Waals surface area contributed by atoms with Crippen LogP contribution in [0.2, 0.25) is 0 Å². The van der Waals surface area contributed by atoms with Crippen LogP contribution in [0.4, 0.5) is 5.82 Å². The number of thiocarbonyl (C=S) groups is 1. The molecule has 2 rings (SSSR count). The van der Waals surface area contributed by atoms with E-state index in [2.05, 4.69) is 5.10 Å². The number of hydrogen-bond acceptors (Lipinski definition) is 4. The minimum Gasteiger partial charge on any atom is -0.389 e. The predicted octanol–water partition coefficient (Wildman–Crippen LogP) is 0.207. The molecule has 1 aromatic heterocycles. The second-order valence-electron chi connectivity index (χ2n) is 4.88. The summed E-state index contributed by atoms with van der Waals surface area (Å²) in [7, 11) is 1.83. The van der Waals surface area contributed by atoms with Crippen molar-refractivity contribution in [3.63, 3.8) is 0 Å². The van der Waals surface area contributed by atoms with Gasteiger partial charge in [-0.15, -0.1) is 0 Å². The smallest absolute Gasteiger partial charge is 0.240 e. The highest BCUT2D eigenvalue weighted by atomic mass is 32.1. The van der Waals surface area contributed by atoms with Gasteiger partial charge in [-0.1, -0.05) is 12.2 Å². The van der Waals surface area contributed by atoms with Crippen LogP contribution in [0.1, 0.15) is 30.5 Å². The number of carbonyl (C=O) groups is 1. The number of primary amides is 1. The van der Waals surface area contributed by atoms with E-state index in [0.29, 0.717) is 4.99 Å². The Morgan fingerprint density at radius 1 is 1.42 bits per heavy atom. The minimum absolute atomic E-state index is 0.300. The third-order valence-electron chi connectivity index (χ3n) is 3.54. The zero-order chi connectivity index (χ0) is 14.2. The molecule has 0 aliphatic carbocycles. The van der Waals surface area contributed by atoms with E-state index in [1.165, 1.54) is 0 Å². The lowest BCUT2D eigenvalue weighted by Gasteiger charge is -2.35. The third kappa shape index (κ3) is 2.42. The van der Waals surface area contributed by atoms with Crippen molar-refractivity contribution < 1.29 is 4.79 Å². The summed E-state index contributed by atoms with van der Waals surface area (Å²) in [4.78, 5) is 13.9. The Kier molecular flexibility index (Phi) is 3.75. The fraction of sp³-hybridized carbons (Fsp3) is 0.583. The van der Waals surface area contributed by atoms with Gasteiger partial charge in [-0.25, -0.2) is 0 Å². The number of rotatable bonds is 3. The van der Waals surface area contributed by atoms with Crippen molar-refractivity contribution in [3.05, 3.63) is 11.3 Å². The van der Waals surface area contributed by atoms with Crippen LogP contribution in [0, 0.1) is 6.92 Å². The van der Waals surface area contributed by atoms with Crippen molar-refractivity contribution >= 4 is 28.9 Å². The van der Waals surface area contributed by atoms with Crippen molar-refractivity contribution in [2.24, 2.45) is 18.5 Å². The quantitative estimate of drug-likeness (QED) is 0.773. The van der Waals surface area contributed by atoms with E-state index in [-0.39, 0.29) is 11.9 Å². The largest absolute Gasteiger partial charge is 0.389 e. The van der Waals surface area contributed by atoms with Gasteiger partial charge in [-0.05, 0) is 26.2 Å². The Balaban J connectivity index is 2.50. The van der Waals surface area contributed by atoms with Crippen molar-refractivity contribution in [3.8, 4) is 0 Å². The first-order chi connectivity index (χ1) is 8.93. The Hall–Kier alpha value is -1.63. The first-order valence-corrected chi connectivity index (χ1v) is 6.73. The Labute approximate surface area is 117 Å². The highest BCUT2D eigenvalue weighted by molar-refractivity contribution is 7.80. The number of aryl methyl sites for hydroxylation is 2. The van der Waals surface area contributed by atoms with E-state index < -0.39 is 0 Å². The van der Waals surface area contributed by atoms with Crippen LogP contribution in [0.3, 0.4) is 0 Å². The summed E-state index contributed by atoms with van der Waals surface area (Å²) >= 11 is 5.11. The maximum absolute atomic E-state index is 11.6. The van der Waals surface area contributed by atoms with Gasteiger partial charge in [0.1, 0.15) is 16.8 Å². The summed E-state index contributed by atoms with van der Waals surface area (Å²) in [6.07, 6.45) is 2.78. The van der Waals surface area contributed by atoms with Crippen molar-refractivity contribution in [2.45, 2.75) is 32.2 Å². The lowest BCUT2D eigenvalue weighted by molar-refractivity contribution is -0.119. The summed E-state index contributed by atoms with van der Waals surface area (Å²) in [6, 6.07) is -0.309. The Morgan fingerprint density at radius 3 is 2.68 bits per heavy atom. The lowest BCUT2D eigenvalue weighted by atomic mass is 10.0. The fourth-order valence-electron chi connectivity index (χ4n) is 2.74. The van der Waals surface area contributed by atoms with E-state index in [9.17, 15) is 4.79 Å². The highest BCUT2D eigenvalue weighted by Gasteiger charge is 2.32. The predicted molar refractivity (Wildman–Crippen MR) is 78.0 cm³/mol. The SMILES string of the molecule is Cc1nn(C)c(N2CCCCC2C(N)=O)c1C(N)=S. The molecule has 7 heteroatoms. The first-order valence-electron chi connectivity index (χ1n) is 6.32. The van der Waals surface area contributed by atoms with Gasteiger partial charge in [-0.3, -0.25) is 9.48 Å². The van der Waals surface area contributed by atoms with Crippen molar-refractivity contribution in [2.75, 3.05) is 11.4 Å². The molecule has 1 atom stereocenters. The zero-order valence-corrected chi connectivity index (χ0v) is 12.0. The highest BCUT2D eigenvalue weighted by Crippen LogP contribution is 2.29. The van der Waals surface area contributed by atoms with Gasteiger partial charge < -0.3 is 16.4 Å². The number of aromatic nitrogens is 2. The average Bonchev–Trinajstić information content (AvgIpc) is 2.64. The number of hydrogen-bond donors (Lipinski definition) is 2. The van der Waals surface area contributed by atoms with Crippen LogP contribution in [0.15, 0.2) is 0 Å². The number of amides is 1. The molecule has 4 N–H and O–H groups in total. The molecule has 1 amide bonds.